The second kappa shape index (κ2) is 11.2. The lowest BCUT2D eigenvalue weighted by Crippen LogP contribution is -2.37. The van der Waals surface area contributed by atoms with E-state index >= 15 is 0 Å². The molecule has 2 atom stereocenters. The second-order valence-electron chi connectivity index (χ2n) is 8.17. The maximum absolute atomic E-state index is 11.8. The minimum Gasteiger partial charge on any atom is -0.384 e. The Kier molecular flexibility index (Phi) is 9.99. The Balaban J connectivity index is 2.13. The Bertz CT molecular complexity index is 414. The summed E-state index contributed by atoms with van der Waals surface area (Å²) in [5.74, 6) is -0.188. The van der Waals surface area contributed by atoms with Crippen LogP contribution in [0.15, 0.2) is 0 Å². The molecule has 1 aliphatic heterocycles. The highest BCUT2D eigenvalue weighted by Gasteiger charge is 2.26. The molecule has 154 valence electrons. The van der Waals surface area contributed by atoms with Crippen LogP contribution in [-0.4, -0.2) is 78.9 Å². The summed E-state index contributed by atoms with van der Waals surface area (Å²) < 4.78 is 32.0. The van der Waals surface area contributed by atoms with E-state index in [4.69, 9.17) is 28.4 Å². The van der Waals surface area contributed by atoms with Crippen LogP contribution in [0.25, 0.3) is 0 Å². The van der Waals surface area contributed by atoms with Gasteiger partial charge in [-0.25, -0.2) is 0 Å². The van der Waals surface area contributed by atoms with Crippen LogP contribution in [0.1, 0.15) is 27.7 Å². The number of hydrogen-bond acceptors (Lipinski definition) is 7. The van der Waals surface area contributed by atoms with E-state index in [1.54, 1.807) is 7.11 Å². The van der Waals surface area contributed by atoms with E-state index in [1.165, 1.54) is 7.11 Å². The predicted octanol–water partition coefficient (Wildman–Crippen LogP) is 1.18. The van der Waals surface area contributed by atoms with Gasteiger partial charge in [0.15, 0.2) is 0 Å². The quantitative estimate of drug-likeness (QED) is 0.516. The van der Waals surface area contributed by atoms with Crippen LogP contribution in [0.4, 0.5) is 0 Å². The molecule has 0 spiro atoms. The molecule has 1 heterocycles. The van der Waals surface area contributed by atoms with Crippen LogP contribution in [0.3, 0.4) is 0 Å². The number of amides is 1. The highest BCUT2D eigenvalue weighted by molar-refractivity contribution is 5.77. The molecule has 26 heavy (non-hydrogen) atoms. The van der Waals surface area contributed by atoms with E-state index in [1.807, 2.05) is 13.8 Å². The van der Waals surface area contributed by atoms with Crippen molar-refractivity contribution in [1.82, 2.24) is 5.32 Å². The fourth-order valence-electron chi connectivity index (χ4n) is 2.43. The largest absolute Gasteiger partial charge is 0.384 e. The van der Waals surface area contributed by atoms with Crippen LogP contribution in [0.5, 0.6) is 0 Å². The van der Waals surface area contributed by atoms with Crippen molar-refractivity contribution >= 4 is 5.91 Å². The smallest absolute Gasteiger partial charge is 0.271 e. The van der Waals surface area contributed by atoms with E-state index in [0.717, 1.165) is 0 Å². The van der Waals surface area contributed by atoms with E-state index in [9.17, 15) is 4.79 Å². The summed E-state index contributed by atoms with van der Waals surface area (Å²) in [4.78, 5) is 11.8. The summed E-state index contributed by atoms with van der Waals surface area (Å²) in [5.41, 5.74) is -0.211. The third-order valence-corrected chi connectivity index (χ3v) is 3.69. The molecule has 0 aromatic heterocycles. The zero-order chi connectivity index (χ0) is 19.6. The number of carbonyl (C=O) groups is 1. The SMILES string of the molecule is COCC(C)(C)COCC(C)(C)COCC(=O)NCC1COC(OC)O1. The highest BCUT2D eigenvalue weighted by atomic mass is 16.9. The summed E-state index contributed by atoms with van der Waals surface area (Å²) in [6.45, 7) is 10.6. The van der Waals surface area contributed by atoms with Crippen molar-refractivity contribution in [2.45, 2.75) is 40.3 Å². The fourth-order valence-corrected chi connectivity index (χ4v) is 2.43. The number of nitrogens with one attached hydrogen (secondary N) is 1. The van der Waals surface area contributed by atoms with Gasteiger partial charge in [0.25, 0.3) is 6.48 Å². The van der Waals surface area contributed by atoms with Gasteiger partial charge in [0.05, 0.1) is 33.0 Å². The highest BCUT2D eigenvalue weighted by Crippen LogP contribution is 2.20. The lowest BCUT2D eigenvalue weighted by molar-refractivity contribution is -0.222. The van der Waals surface area contributed by atoms with Crippen LogP contribution in [0.2, 0.25) is 0 Å². The van der Waals surface area contributed by atoms with Crippen molar-refractivity contribution in [1.29, 1.82) is 0 Å². The Labute approximate surface area is 156 Å². The Hall–Kier alpha value is -0.770. The van der Waals surface area contributed by atoms with Gasteiger partial charge in [0, 0.05) is 31.6 Å². The van der Waals surface area contributed by atoms with Crippen LogP contribution < -0.4 is 5.32 Å². The average Bonchev–Trinajstić information content (AvgIpc) is 3.00. The third-order valence-electron chi connectivity index (χ3n) is 3.69. The van der Waals surface area contributed by atoms with Gasteiger partial charge in [-0.1, -0.05) is 27.7 Å². The van der Waals surface area contributed by atoms with E-state index in [-0.39, 0.29) is 29.4 Å². The van der Waals surface area contributed by atoms with Gasteiger partial charge in [-0.15, -0.1) is 0 Å². The normalized spacial score (nSPS) is 21.2. The molecule has 1 amide bonds. The summed E-state index contributed by atoms with van der Waals surface area (Å²) in [5, 5.41) is 2.76. The molecular formula is C18H35NO7. The van der Waals surface area contributed by atoms with Gasteiger partial charge in [-0.05, 0) is 0 Å². The minimum atomic E-state index is -0.650. The second-order valence-corrected chi connectivity index (χ2v) is 8.17. The first kappa shape index (κ1) is 23.3. The number of carbonyl (C=O) groups excluding carboxylic acids is 1. The van der Waals surface area contributed by atoms with Crippen molar-refractivity contribution < 1.29 is 33.2 Å². The molecule has 1 rings (SSSR count). The molecule has 1 N–H and O–H groups in total. The van der Waals surface area contributed by atoms with Gasteiger partial charge < -0.3 is 33.7 Å². The Morgan fingerprint density at radius 1 is 1.04 bits per heavy atom. The average molecular weight is 377 g/mol. The summed E-state index contributed by atoms with van der Waals surface area (Å²) in [6.07, 6.45) is -0.204. The minimum absolute atomic E-state index is 0.000118. The fraction of sp³-hybridized carbons (Fsp3) is 0.944. The van der Waals surface area contributed by atoms with Crippen molar-refractivity contribution in [2.24, 2.45) is 10.8 Å². The van der Waals surface area contributed by atoms with Crippen molar-refractivity contribution in [3.63, 3.8) is 0 Å². The predicted molar refractivity (Wildman–Crippen MR) is 95.7 cm³/mol. The van der Waals surface area contributed by atoms with Gasteiger partial charge >= 0.3 is 0 Å². The first-order valence-electron chi connectivity index (χ1n) is 8.88. The molecule has 1 saturated heterocycles. The molecule has 1 fully saturated rings. The van der Waals surface area contributed by atoms with Crippen LogP contribution in [0, 0.1) is 10.8 Å². The van der Waals surface area contributed by atoms with Crippen LogP contribution in [-0.2, 0) is 33.2 Å². The molecule has 0 radical (unpaired) electrons. The Morgan fingerprint density at radius 3 is 2.23 bits per heavy atom. The molecule has 0 saturated carbocycles. The summed E-state index contributed by atoms with van der Waals surface area (Å²) >= 11 is 0. The van der Waals surface area contributed by atoms with E-state index in [0.29, 0.717) is 39.6 Å². The summed E-state index contributed by atoms with van der Waals surface area (Å²) in [6, 6.07) is 0. The zero-order valence-corrected chi connectivity index (χ0v) is 17.0. The molecule has 8 heteroatoms. The first-order valence-corrected chi connectivity index (χ1v) is 8.88. The van der Waals surface area contributed by atoms with Gasteiger partial charge in [-0.3, -0.25) is 4.79 Å². The van der Waals surface area contributed by atoms with Crippen molar-refractivity contribution in [2.75, 3.05) is 60.4 Å². The monoisotopic (exact) mass is 377 g/mol. The van der Waals surface area contributed by atoms with Gasteiger partial charge in [0.2, 0.25) is 5.91 Å². The summed E-state index contributed by atoms with van der Waals surface area (Å²) in [7, 11) is 3.19. The van der Waals surface area contributed by atoms with Crippen molar-refractivity contribution in [3.8, 4) is 0 Å². The van der Waals surface area contributed by atoms with E-state index < -0.39 is 6.48 Å². The van der Waals surface area contributed by atoms with E-state index in [2.05, 4.69) is 19.2 Å². The molecule has 0 aromatic rings. The first-order chi connectivity index (χ1) is 12.2. The lowest BCUT2D eigenvalue weighted by Gasteiger charge is -2.28. The topological polar surface area (TPSA) is 84.5 Å². The number of hydrogen-bond donors (Lipinski definition) is 1. The number of ether oxygens (including phenoxy) is 6. The molecular weight excluding hydrogens is 342 g/mol. The molecule has 1 aliphatic rings. The Morgan fingerprint density at radius 2 is 1.65 bits per heavy atom. The number of rotatable bonds is 13. The molecule has 8 nitrogen and oxygen atoms in total. The maximum atomic E-state index is 11.8. The van der Waals surface area contributed by atoms with Crippen molar-refractivity contribution in [3.05, 3.63) is 0 Å². The van der Waals surface area contributed by atoms with Gasteiger partial charge in [0.1, 0.15) is 12.7 Å². The number of methoxy groups -OCH3 is 2. The molecule has 2 unspecified atom stereocenters. The molecule has 0 aromatic carbocycles. The maximum Gasteiger partial charge on any atom is 0.271 e. The zero-order valence-electron chi connectivity index (χ0n) is 17.0. The van der Waals surface area contributed by atoms with Crippen LogP contribution >= 0.6 is 0 Å². The standard InChI is InChI=1S/C18H35NO7/c1-17(2,10-21-5)12-24-13-18(3,4)11-23-9-15(20)19-7-14-8-25-16(22-6)26-14/h14,16H,7-13H2,1-6H3,(H,19,20). The molecule has 0 bridgehead atoms. The third kappa shape index (κ3) is 9.80. The molecule has 0 aliphatic carbocycles. The van der Waals surface area contributed by atoms with Gasteiger partial charge in [-0.2, -0.15) is 0 Å². The lowest BCUT2D eigenvalue weighted by atomic mass is 9.94.